The Morgan fingerprint density at radius 1 is 0.778 bits per heavy atom. The summed E-state index contributed by atoms with van der Waals surface area (Å²) in [6.07, 6.45) is 3.12. The molecule has 0 spiro atoms. The molecule has 4 nitrogen and oxygen atoms in total. The van der Waals surface area contributed by atoms with Crippen LogP contribution in [0.5, 0.6) is 11.5 Å². The van der Waals surface area contributed by atoms with Gasteiger partial charge in [-0.25, -0.2) is 9.97 Å². The standard InChI is InChI=1S/C12H10Cl2N2O2/c13-11-3-1-9(7-15-11)17-5-6-18-10-2-4-12(14)16-8-10/h1-4,7-8H,5-6H2. The smallest absolute Gasteiger partial charge is 0.137 e. The van der Waals surface area contributed by atoms with Crippen LogP contribution in [-0.2, 0) is 0 Å². The lowest BCUT2D eigenvalue weighted by Gasteiger charge is -2.07. The maximum absolute atomic E-state index is 5.66. The molecule has 0 radical (unpaired) electrons. The Morgan fingerprint density at radius 2 is 1.22 bits per heavy atom. The number of pyridine rings is 2. The minimum absolute atomic E-state index is 0.409. The summed E-state index contributed by atoms with van der Waals surface area (Å²) >= 11 is 11.3. The zero-order chi connectivity index (χ0) is 12.8. The highest BCUT2D eigenvalue weighted by molar-refractivity contribution is 6.29. The summed E-state index contributed by atoms with van der Waals surface area (Å²) in [4.78, 5) is 7.80. The number of aromatic nitrogens is 2. The molecule has 0 amide bonds. The van der Waals surface area contributed by atoms with Crippen molar-refractivity contribution in [2.45, 2.75) is 0 Å². The van der Waals surface area contributed by atoms with Crippen molar-refractivity contribution in [3.05, 3.63) is 47.0 Å². The van der Waals surface area contributed by atoms with Crippen LogP contribution in [0, 0.1) is 0 Å². The van der Waals surface area contributed by atoms with E-state index in [1.165, 1.54) is 0 Å². The molecule has 0 aromatic carbocycles. The Balaban J connectivity index is 1.73. The van der Waals surface area contributed by atoms with E-state index >= 15 is 0 Å². The van der Waals surface area contributed by atoms with Gasteiger partial charge in [-0.05, 0) is 24.3 Å². The molecule has 6 heteroatoms. The maximum Gasteiger partial charge on any atom is 0.137 e. The first-order chi connectivity index (χ1) is 8.74. The van der Waals surface area contributed by atoms with Crippen LogP contribution in [0.2, 0.25) is 10.3 Å². The second kappa shape index (κ2) is 6.42. The van der Waals surface area contributed by atoms with Crippen LogP contribution in [0.15, 0.2) is 36.7 Å². The highest BCUT2D eigenvalue weighted by atomic mass is 35.5. The van der Waals surface area contributed by atoms with Crippen molar-refractivity contribution in [3.8, 4) is 11.5 Å². The van der Waals surface area contributed by atoms with Gasteiger partial charge in [-0.15, -0.1) is 0 Å². The topological polar surface area (TPSA) is 44.2 Å². The second-order valence-corrected chi connectivity index (χ2v) is 4.10. The van der Waals surface area contributed by atoms with Crippen LogP contribution in [-0.4, -0.2) is 23.2 Å². The monoisotopic (exact) mass is 284 g/mol. The van der Waals surface area contributed by atoms with Gasteiger partial charge in [0.2, 0.25) is 0 Å². The van der Waals surface area contributed by atoms with E-state index in [4.69, 9.17) is 32.7 Å². The Morgan fingerprint density at radius 3 is 1.56 bits per heavy atom. The van der Waals surface area contributed by atoms with Crippen molar-refractivity contribution in [1.82, 2.24) is 9.97 Å². The zero-order valence-corrected chi connectivity index (χ0v) is 10.9. The lowest BCUT2D eigenvalue weighted by molar-refractivity contribution is 0.216. The van der Waals surface area contributed by atoms with Gasteiger partial charge in [0.05, 0.1) is 12.4 Å². The molecule has 0 aliphatic rings. The van der Waals surface area contributed by atoms with Gasteiger partial charge in [0.1, 0.15) is 35.0 Å². The average Bonchev–Trinajstić information content (AvgIpc) is 2.39. The zero-order valence-electron chi connectivity index (χ0n) is 9.35. The molecule has 2 rings (SSSR count). The van der Waals surface area contributed by atoms with Gasteiger partial charge < -0.3 is 9.47 Å². The third-order valence-corrected chi connectivity index (χ3v) is 2.47. The molecule has 0 fully saturated rings. The van der Waals surface area contributed by atoms with E-state index in [9.17, 15) is 0 Å². The molecule has 0 unspecified atom stereocenters. The normalized spacial score (nSPS) is 10.1. The molecular weight excluding hydrogens is 275 g/mol. The molecule has 18 heavy (non-hydrogen) atoms. The maximum atomic E-state index is 5.66. The second-order valence-electron chi connectivity index (χ2n) is 3.33. The first-order valence-electron chi connectivity index (χ1n) is 5.23. The molecule has 0 aliphatic carbocycles. The van der Waals surface area contributed by atoms with E-state index in [0.29, 0.717) is 35.0 Å². The summed E-state index contributed by atoms with van der Waals surface area (Å²) < 4.78 is 10.8. The molecule has 0 N–H and O–H groups in total. The minimum Gasteiger partial charge on any atom is -0.488 e. The van der Waals surface area contributed by atoms with Gasteiger partial charge in [0.15, 0.2) is 0 Å². The highest BCUT2D eigenvalue weighted by Crippen LogP contribution is 2.13. The minimum atomic E-state index is 0.409. The van der Waals surface area contributed by atoms with Crippen molar-refractivity contribution in [2.24, 2.45) is 0 Å². The predicted molar refractivity (Wildman–Crippen MR) is 69.5 cm³/mol. The molecule has 2 aromatic rings. The van der Waals surface area contributed by atoms with E-state index in [0.717, 1.165) is 0 Å². The van der Waals surface area contributed by atoms with Crippen molar-refractivity contribution in [1.29, 1.82) is 0 Å². The summed E-state index contributed by atoms with van der Waals surface area (Å²) in [5, 5.41) is 0.872. The molecule has 2 aromatic heterocycles. The van der Waals surface area contributed by atoms with E-state index in [1.54, 1.807) is 36.7 Å². The highest BCUT2D eigenvalue weighted by Gasteiger charge is 1.97. The average molecular weight is 285 g/mol. The van der Waals surface area contributed by atoms with Crippen molar-refractivity contribution >= 4 is 23.2 Å². The fraction of sp³-hybridized carbons (Fsp3) is 0.167. The van der Waals surface area contributed by atoms with Gasteiger partial charge in [-0.3, -0.25) is 0 Å². The van der Waals surface area contributed by atoms with Crippen molar-refractivity contribution in [3.63, 3.8) is 0 Å². The number of halogens is 2. The molecule has 0 saturated heterocycles. The van der Waals surface area contributed by atoms with Gasteiger partial charge in [0.25, 0.3) is 0 Å². The number of nitrogens with zero attached hydrogens (tertiary/aromatic N) is 2. The third-order valence-electron chi connectivity index (χ3n) is 2.02. The van der Waals surface area contributed by atoms with Gasteiger partial charge in [-0.2, -0.15) is 0 Å². The van der Waals surface area contributed by atoms with Crippen LogP contribution in [0.4, 0.5) is 0 Å². The fourth-order valence-corrected chi connectivity index (χ4v) is 1.44. The molecule has 0 atom stereocenters. The first kappa shape index (κ1) is 12.9. The van der Waals surface area contributed by atoms with Crippen LogP contribution in [0.25, 0.3) is 0 Å². The Hall–Kier alpha value is -1.52. The molecule has 2 heterocycles. The van der Waals surface area contributed by atoms with Crippen LogP contribution in [0.1, 0.15) is 0 Å². The number of ether oxygens (including phenoxy) is 2. The molecule has 94 valence electrons. The quantitative estimate of drug-likeness (QED) is 0.625. The SMILES string of the molecule is Clc1ccc(OCCOc2ccc(Cl)nc2)cn1. The summed E-state index contributed by atoms with van der Waals surface area (Å²) in [7, 11) is 0. The third kappa shape index (κ3) is 4.05. The summed E-state index contributed by atoms with van der Waals surface area (Å²) in [6.45, 7) is 0.817. The molecule has 0 saturated carbocycles. The Kier molecular flexibility index (Phi) is 4.61. The molecule has 0 aliphatic heterocycles. The van der Waals surface area contributed by atoms with Gasteiger partial charge in [-0.1, -0.05) is 23.2 Å². The lowest BCUT2D eigenvalue weighted by Crippen LogP contribution is -2.09. The van der Waals surface area contributed by atoms with Crippen molar-refractivity contribution < 1.29 is 9.47 Å². The lowest BCUT2D eigenvalue weighted by atomic mass is 10.4. The molecular formula is C12H10Cl2N2O2. The summed E-state index contributed by atoms with van der Waals surface area (Å²) in [6, 6.07) is 6.83. The Labute approximate surface area is 114 Å². The van der Waals surface area contributed by atoms with Gasteiger partial charge >= 0.3 is 0 Å². The Bertz CT molecular complexity index is 441. The number of rotatable bonds is 5. The summed E-state index contributed by atoms with van der Waals surface area (Å²) in [5.41, 5.74) is 0. The fourth-order valence-electron chi connectivity index (χ4n) is 1.21. The van der Waals surface area contributed by atoms with E-state index in [1.807, 2.05) is 0 Å². The van der Waals surface area contributed by atoms with Gasteiger partial charge in [0, 0.05) is 0 Å². The van der Waals surface area contributed by atoms with Crippen LogP contribution < -0.4 is 9.47 Å². The molecule has 0 bridgehead atoms. The van der Waals surface area contributed by atoms with E-state index in [-0.39, 0.29) is 0 Å². The van der Waals surface area contributed by atoms with Crippen LogP contribution >= 0.6 is 23.2 Å². The number of hydrogen-bond acceptors (Lipinski definition) is 4. The van der Waals surface area contributed by atoms with E-state index < -0.39 is 0 Å². The van der Waals surface area contributed by atoms with Crippen LogP contribution in [0.3, 0.4) is 0 Å². The number of hydrogen-bond donors (Lipinski definition) is 0. The largest absolute Gasteiger partial charge is 0.488 e. The van der Waals surface area contributed by atoms with E-state index in [2.05, 4.69) is 9.97 Å². The summed E-state index contributed by atoms with van der Waals surface area (Å²) in [5.74, 6) is 1.30. The predicted octanol–water partition coefficient (Wildman–Crippen LogP) is 3.24. The first-order valence-corrected chi connectivity index (χ1v) is 5.98. The van der Waals surface area contributed by atoms with Crippen molar-refractivity contribution in [2.75, 3.05) is 13.2 Å².